The summed E-state index contributed by atoms with van der Waals surface area (Å²) in [5.74, 6) is -0.887. The van der Waals surface area contributed by atoms with E-state index in [9.17, 15) is 9.90 Å². The molecule has 1 N–H and O–H groups in total. The van der Waals surface area contributed by atoms with Crippen LogP contribution in [0.15, 0.2) is 53.4 Å². The van der Waals surface area contributed by atoms with Gasteiger partial charge in [-0.3, -0.25) is 4.79 Å². The summed E-state index contributed by atoms with van der Waals surface area (Å²) in [6.45, 7) is 0. The third kappa shape index (κ3) is 3.90. The molecule has 0 aliphatic heterocycles. The van der Waals surface area contributed by atoms with Gasteiger partial charge in [-0.15, -0.1) is 11.8 Å². The highest BCUT2D eigenvalue weighted by Gasteiger charge is 2.21. The molecule has 2 aromatic carbocycles. The summed E-state index contributed by atoms with van der Waals surface area (Å²) in [5, 5.41) is 9.88. The Labute approximate surface area is 125 Å². The fourth-order valence-corrected chi connectivity index (χ4v) is 2.76. The highest BCUT2D eigenvalue weighted by Crippen LogP contribution is 2.36. The lowest BCUT2D eigenvalue weighted by atomic mass is 10.1. The van der Waals surface area contributed by atoms with E-state index < -0.39 is 11.2 Å². The number of halogens is 2. The molecule has 2 rings (SSSR count). The Morgan fingerprint density at radius 1 is 0.947 bits per heavy atom. The first-order valence-corrected chi connectivity index (χ1v) is 7.10. The van der Waals surface area contributed by atoms with Crippen LogP contribution in [-0.4, -0.2) is 11.1 Å². The molecule has 0 aromatic heterocycles. The second-order valence-corrected chi connectivity index (χ2v) is 5.89. The van der Waals surface area contributed by atoms with Crippen molar-refractivity contribution in [2.75, 3.05) is 0 Å². The minimum Gasteiger partial charge on any atom is -0.480 e. The molecule has 5 heteroatoms. The first kappa shape index (κ1) is 14.3. The standard InChI is InChI=1S/C14H10Cl2O2S/c15-10-3-1-9(2-4-10)13(14(17)18)19-12-7-5-11(16)6-8-12/h1-8,13H,(H,17,18)/t13-/m1/s1. The highest BCUT2D eigenvalue weighted by molar-refractivity contribution is 8.00. The van der Waals surface area contributed by atoms with Crippen LogP contribution >= 0.6 is 35.0 Å². The van der Waals surface area contributed by atoms with Crippen LogP contribution in [-0.2, 0) is 4.79 Å². The molecular weight excluding hydrogens is 303 g/mol. The van der Waals surface area contributed by atoms with Gasteiger partial charge in [0.25, 0.3) is 0 Å². The molecule has 0 aliphatic rings. The highest BCUT2D eigenvalue weighted by atomic mass is 35.5. The van der Waals surface area contributed by atoms with Crippen LogP contribution in [0.4, 0.5) is 0 Å². The molecule has 0 radical (unpaired) electrons. The van der Waals surface area contributed by atoms with E-state index in [0.717, 1.165) is 4.90 Å². The Balaban J connectivity index is 2.23. The van der Waals surface area contributed by atoms with E-state index in [0.29, 0.717) is 15.6 Å². The number of rotatable bonds is 4. The van der Waals surface area contributed by atoms with Crippen molar-refractivity contribution in [3.8, 4) is 0 Å². The number of aliphatic carboxylic acids is 1. The fraction of sp³-hybridized carbons (Fsp3) is 0.0714. The van der Waals surface area contributed by atoms with E-state index in [-0.39, 0.29) is 0 Å². The van der Waals surface area contributed by atoms with Crippen molar-refractivity contribution >= 4 is 40.9 Å². The van der Waals surface area contributed by atoms with Gasteiger partial charge in [0.15, 0.2) is 0 Å². The predicted molar refractivity (Wildman–Crippen MR) is 79.1 cm³/mol. The summed E-state index contributed by atoms with van der Waals surface area (Å²) in [5.41, 5.74) is 0.705. The number of carbonyl (C=O) groups is 1. The Kier molecular flexibility index (Phi) is 4.75. The van der Waals surface area contributed by atoms with Gasteiger partial charge in [0.1, 0.15) is 5.25 Å². The topological polar surface area (TPSA) is 37.3 Å². The van der Waals surface area contributed by atoms with Gasteiger partial charge in [0.2, 0.25) is 0 Å². The molecule has 0 heterocycles. The lowest BCUT2D eigenvalue weighted by molar-refractivity contribution is -0.136. The van der Waals surface area contributed by atoms with Gasteiger partial charge in [0, 0.05) is 14.9 Å². The van der Waals surface area contributed by atoms with Crippen molar-refractivity contribution < 1.29 is 9.90 Å². The lowest BCUT2D eigenvalue weighted by Gasteiger charge is -2.12. The lowest BCUT2D eigenvalue weighted by Crippen LogP contribution is -2.07. The molecule has 0 spiro atoms. The summed E-state index contributed by atoms with van der Waals surface area (Å²) in [6.07, 6.45) is 0. The Hall–Kier alpha value is -1.16. The largest absolute Gasteiger partial charge is 0.480 e. The third-order valence-electron chi connectivity index (χ3n) is 2.46. The molecule has 0 bridgehead atoms. The van der Waals surface area contributed by atoms with E-state index >= 15 is 0 Å². The molecule has 19 heavy (non-hydrogen) atoms. The van der Waals surface area contributed by atoms with Crippen molar-refractivity contribution in [2.24, 2.45) is 0 Å². The molecule has 0 saturated carbocycles. The molecule has 0 aliphatic carbocycles. The third-order valence-corrected chi connectivity index (χ3v) is 4.22. The molecule has 2 nitrogen and oxygen atoms in total. The average molecular weight is 313 g/mol. The summed E-state index contributed by atoms with van der Waals surface area (Å²) in [4.78, 5) is 12.2. The Morgan fingerprint density at radius 2 is 1.42 bits per heavy atom. The van der Waals surface area contributed by atoms with Crippen LogP contribution in [0, 0.1) is 0 Å². The zero-order chi connectivity index (χ0) is 13.8. The second-order valence-electron chi connectivity index (χ2n) is 3.84. The zero-order valence-electron chi connectivity index (χ0n) is 9.72. The van der Waals surface area contributed by atoms with E-state index in [4.69, 9.17) is 23.2 Å². The van der Waals surface area contributed by atoms with Crippen LogP contribution in [0.25, 0.3) is 0 Å². The monoisotopic (exact) mass is 312 g/mol. The number of hydrogen-bond donors (Lipinski definition) is 1. The van der Waals surface area contributed by atoms with E-state index in [1.54, 1.807) is 48.5 Å². The molecule has 1 atom stereocenters. The van der Waals surface area contributed by atoms with Crippen LogP contribution in [0.5, 0.6) is 0 Å². The molecule has 0 amide bonds. The van der Waals surface area contributed by atoms with Crippen LogP contribution in [0.2, 0.25) is 10.0 Å². The quantitative estimate of drug-likeness (QED) is 0.815. The Bertz CT molecular complexity index is 567. The van der Waals surface area contributed by atoms with Crippen LogP contribution in [0.1, 0.15) is 10.8 Å². The Morgan fingerprint density at radius 3 is 1.89 bits per heavy atom. The van der Waals surface area contributed by atoms with Crippen LogP contribution < -0.4 is 0 Å². The number of thioether (sulfide) groups is 1. The van der Waals surface area contributed by atoms with E-state index in [2.05, 4.69) is 0 Å². The van der Waals surface area contributed by atoms with Gasteiger partial charge in [0.05, 0.1) is 0 Å². The summed E-state index contributed by atoms with van der Waals surface area (Å²) >= 11 is 12.9. The predicted octanol–water partition coefficient (Wildman–Crippen LogP) is 4.91. The van der Waals surface area contributed by atoms with Crippen molar-refractivity contribution in [3.05, 3.63) is 64.1 Å². The van der Waals surface area contributed by atoms with Crippen LogP contribution in [0.3, 0.4) is 0 Å². The number of hydrogen-bond acceptors (Lipinski definition) is 2. The maximum Gasteiger partial charge on any atom is 0.321 e. The van der Waals surface area contributed by atoms with Gasteiger partial charge < -0.3 is 5.11 Å². The fourth-order valence-electron chi connectivity index (χ4n) is 1.55. The van der Waals surface area contributed by atoms with Gasteiger partial charge in [-0.2, -0.15) is 0 Å². The summed E-state index contributed by atoms with van der Waals surface area (Å²) in [7, 11) is 0. The normalized spacial score (nSPS) is 12.1. The molecule has 2 aromatic rings. The summed E-state index contributed by atoms with van der Waals surface area (Å²) < 4.78 is 0. The summed E-state index contributed by atoms with van der Waals surface area (Å²) in [6, 6.07) is 13.9. The minimum absolute atomic E-state index is 0.587. The smallest absolute Gasteiger partial charge is 0.321 e. The van der Waals surface area contributed by atoms with Gasteiger partial charge in [-0.1, -0.05) is 35.3 Å². The average Bonchev–Trinajstić information content (AvgIpc) is 2.39. The van der Waals surface area contributed by atoms with Crippen molar-refractivity contribution in [1.82, 2.24) is 0 Å². The molecule has 0 fully saturated rings. The van der Waals surface area contributed by atoms with Crippen molar-refractivity contribution in [1.29, 1.82) is 0 Å². The van der Waals surface area contributed by atoms with Gasteiger partial charge in [-0.05, 0) is 42.0 Å². The molecule has 98 valence electrons. The SMILES string of the molecule is O=C(O)[C@H](Sc1ccc(Cl)cc1)c1ccc(Cl)cc1. The van der Waals surface area contributed by atoms with Gasteiger partial charge >= 0.3 is 5.97 Å². The number of carboxylic acids is 1. The second kappa shape index (κ2) is 6.33. The van der Waals surface area contributed by atoms with Crippen molar-refractivity contribution in [3.63, 3.8) is 0 Å². The molecule has 0 saturated heterocycles. The van der Waals surface area contributed by atoms with E-state index in [1.165, 1.54) is 11.8 Å². The number of carboxylic acid groups (broad SMARTS) is 1. The maximum atomic E-state index is 11.4. The minimum atomic E-state index is -0.887. The zero-order valence-corrected chi connectivity index (χ0v) is 12.0. The first-order valence-electron chi connectivity index (χ1n) is 5.47. The maximum absolute atomic E-state index is 11.4. The van der Waals surface area contributed by atoms with E-state index in [1.807, 2.05) is 0 Å². The number of benzene rings is 2. The van der Waals surface area contributed by atoms with Crippen molar-refractivity contribution in [2.45, 2.75) is 10.1 Å². The molecule has 0 unspecified atom stereocenters. The molecular formula is C14H10Cl2O2S. The van der Waals surface area contributed by atoms with Gasteiger partial charge in [-0.25, -0.2) is 0 Å². The first-order chi connectivity index (χ1) is 9.06.